The highest BCUT2D eigenvalue weighted by Crippen LogP contribution is 2.36. The standard InChI is InChI=1S/C15H20BrN3O2/c1-17-8-12-6-13(16)15(14(7-12)20-3)21-5-4-11-9-18-19(2)10-11/h6-7,9-10,17H,4-5,8H2,1-3H3. The van der Waals surface area contributed by atoms with Crippen molar-refractivity contribution in [2.24, 2.45) is 7.05 Å². The Balaban J connectivity index is 2.04. The van der Waals surface area contributed by atoms with Crippen LogP contribution in [0.3, 0.4) is 0 Å². The van der Waals surface area contributed by atoms with E-state index < -0.39 is 0 Å². The number of aryl methyl sites for hydroxylation is 1. The van der Waals surface area contributed by atoms with E-state index in [1.54, 1.807) is 11.8 Å². The van der Waals surface area contributed by atoms with Gasteiger partial charge in [-0.05, 0) is 46.2 Å². The van der Waals surface area contributed by atoms with Gasteiger partial charge >= 0.3 is 0 Å². The monoisotopic (exact) mass is 353 g/mol. The van der Waals surface area contributed by atoms with E-state index in [0.717, 1.165) is 40.1 Å². The van der Waals surface area contributed by atoms with Crippen LogP contribution in [0.15, 0.2) is 29.0 Å². The Labute approximate surface area is 133 Å². The van der Waals surface area contributed by atoms with Crippen molar-refractivity contribution in [1.29, 1.82) is 0 Å². The number of hydrogen-bond acceptors (Lipinski definition) is 4. The van der Waals surface area contributed by atoms with Gasteiger partial charge in [-0.2, -0.15) is 5.10 Å². The molecule has 0 aliphatic heterocycles. The first kappa shape index (κ1) is 15.9. The van der Waals surface area contributed by atoms with Crippen LogP contribution in [0.25, 0.3) is 0 Å². The molecule has 114 valence electrons. The van der Waals surface area contributed by atoms with Gasteiger partial charge in [0.15, 0.2) is 11.5 Å². The third kappa shape index (κ3) is 4.22. The number of halogens is 1. The molecular weight excluding hydrogens is 334 g/mol. The lowest BCUT2D eigenvalue weighted by atomic mass is 10.2. The lowest BCUT2D eigenvalue weighted by Gasteiger charge is -2.14. The summed E-state index contributed by atoms with van der Waals surface area (Å²) in [5, 5.41) is 7.27. The third-order valence-electron chi connectivity index (χ3n) is 3.07. The summed E-state index contributed by atoms with van der Waals surface area (Å²) in [5.41, 5.74) is 2.29. The molecule has 0 saturated carbocycles. The summed E-state index contributed by atoms with van der Waals surface area (Å²) < 4.78 is 14.0. The molecular formula is C15H20BrN3O2. The van der Waals surface area contributed by atoms with Crippen LogP contribution in [-0.2, 0) is 20.0 Å². The van der Waals surface area contributed by atoms with E-state index in [0.29, 0.717) is 6.61 Å². The lowest BCUT2D eigenvalue weighted by Crippen LogP contribution is -2.07. The van der Waals surface area contributed by atoms with Crippen LogP contribution in [0, 0.1) is 0 Å². The van der Waals surface area contributed by atoms with Crippen LogP contribution in [0.5, 0.6) is 11.5 Å². The van der Waals surface area contributed by atoms with Gasteiger partial charge in [-0.25, -0.2) is 0 Å². The molecule has 1 N–H and O–H groups in total. The highest BCUT2D eigenvalue weighted by molar-refractivity contribution is 9.10. The quantitative estimate of drug-likeness (QED) is 0.830. The molecule has 5 nitrogen and oxygen atoms in total. The normalized spacial score (nSPS) is 10.7. The summed E-state index contributed by atoms with van der Waals surface area (Å²) in [4.78, 5) is 0. The molecule has 0 atom stereocenters. The predicted octanol–water partition coefficient (Wildman–Crippen LogP) is 2.53. The molecule has 21 heavy (non-hydrogen) atoms. The number of nitrogens with one attached hydrogen (secondary N) is 1. The fourth-order valence-electron chi connectivity index (χ4n) is 2.09. The first-order valence-electron chi connectivity index (χ1n) is 6.75. The van der Waals surface area contributed by atoms with Crippen molar-refractivity contribution >= 4 is 15.9 Å². The molecule has 0 aliphatic carbocycles. The van der Waals surface area contributed by atoms with Crippen molar-refractivity contribution in [2.75, 3.05) is 20.8 Å². The summed E-state index contributed by atoms with van der Waals surface area (Å²) in [6, 6.07) is 4.03. The van der Waals surface area contributed by atoms with Crippen molar-refractivity contribution in [3.8, 4) is 11.5 Å². The molecule has 6 heteroatoms. The van der Waals surface area contributed by atoms with E-state index in [9.17, 15) is 0 Å². The molecule has 0 saturated heterocycles. The Morgan fingerprint density at radius 1 is 1.33 bits per heavy atom. The minimum atomic E-state index is 0.575. The van der Waals surface area contributed by atoms with Gasteiger partial charge < -0.3 is 14.8 Å². The highest BCUT2D eigenvalue weighted by atomic mass is 79.9. The lowest BCUT2D eigenvalue weighted by molar-refractivity contribution is 0.295. The van der Waals surface area contributed by atoms with E-state index in [1.807, 2.05) is 38.6 Å². The SMILES string of the molecule is CNCc1cc(Br)c(OCCc2cnn(C)c2)c(OC)c1. The number of nitrogens with zero attached hydrogens (tertiary/aromatic N) is 2. The van der Waals surface area contributed by atoms with E-state index in [-0.39, 0.29) is 0 Å². The first-order valence-corrected chi connectivity index (χ1v) is 7.54. The van der Waals surface area contributed by atoms with Crippen molar-refractivity contribution in [3.63, 3.8) is 0 Å². The third-order valence-corrected chi connectivity index (χ3v) is 3.65. The molecule has 1 aromatic carbocycles. The van der Waals surface area contributed by atoms with E-state index in [4.69, 9.17) is 9.47 Å². The van der Waals surface area contributed by atoms with Crippen LogP contribution in [0.2, 0.25) is 0 Å². The molecule has 0 spiro atoms. The second-order valence-electron chi connectivity index (χ2n) is 4.76. The minimum absolute atomic E-state index is 0.575. The van der Waals surface area contributed by atoms with E-state index >= 15 is 0 Å². The first-order chi connectivity index (χ1) is 10.1. The van der Waals surface area contributed by atoms with Gasteiger partial charge in [0.2, 0.25) is 0 Å². The summed E-state index contributed by atoms with van der Waals surface area (Å²) in [7, 11) is 5.47. The Morgan fingerprint density at radius 2 is 2.14 bits per heavy atom. The largest absolute Gasteiger partial charge is 0.493 e. The van der Waals surface area contributed by atoms with Crippen LogP contribution in [0.1, 0.15) is 11.1 Å². The van der Waals surface area contributed by atoms with Crippen molar-refractivity contribution < 1.29 is 9.47 Å². The van der Waals surface area contributed by atoms with Crippen LogP contribution in [-0.4, -0.2) is 30.5 Å². The number of benzene rings is 1. The van der Waals surface area contributed by atoms with Crippen LogP contribution >= 0.6 is 15.9 Å². The average molecular weight is 354 g/mol. The summed E-state index contributed by atoms with van der Waals surface area (Å²) in [6.07, 6.45) is 4.65. The van der Waals surface area contributed by atoms with Gasteiger partial charge in [0.1, 0.15) is 0 Å². The number of methoxy groups -OCH3 is 1. The maximum atomic E-state index is 5.88. The maximum Gasteiger partial charge on any atom is 0.175 e. The summed E-state index contributed by atoms with van der Waals surface area (Å²) in [5.74, 6) is 1.47. The smallest absolute Gasteiger partial charge is 0.175 e. The molecule has 1 heterocycles. The summed E-state index contributed by atoms with van der Waals surface area (Å²) >= 11 is 3.55. The molecule has 0 bridgehead atoms. The van der Waals surface area contributed by atoms with Gasteiger partial charge in [-0.15, -0.1) is 0 Å². The number of rotatable bonds is 7. The van der Waals surface area contributed by atoms with Gasteiger partial charge in [-0.3, -0.25) is 4.68 Å². The molecule has 0 unspecified atom stereocenters. The number of hydrogen-bond donors (Lipinski definition) is 1. The fraction of sp³-hybridized carbons (Fsp3) is 0.400. The minimum Gasteiger partial charge on any atom is -0.493 e. The van der Waals surface area contributed by atoms with E-state index in [1.165, 1.54) is 0 Å². The van der Waals surface area contributed by atoms with Gasteiger partial charge in [0.05, 0.1) is 24.4 Å². The fourth-order valence-corrected chi connectivity index (χ4v) is 2.70. The second kappa shape index (κ2) is 7.47. The Morgan fingerprint density at radius 3 is 2.76 bits per heavy atom. The molecule has 0 amide bonds. The molecule has 2 aromatic rings. The molecule has 0 radical (unpaired) electrons. The molecule has 1 aromatic heterocycles. The molecule has 2 rings (SSSR count). The predicted molar refractivity (Wildman–Crippen MR) is 85.9 cm³/mol. The zero-order chi connectivity index (χ0) is 15.2. The molecule has 0 aliphatic rings. The van der Waals surface area contributed by atoms with Crippen molar-refractivity contribution in [2.45, 2.75) is 13.0 Å². The highest BCUT2D eigenvalue weighted by Gasteiger charge is 2.11. The van der Waals surface area contributed by atoms with Gasteiger partial charge in [0, 0.05) is 26.2 Å². The number of ether oxygens (including phenoxy) is 2. The van der Waals surface area contributed by atoms with Crippen LogP contribution in [0.4, 0.5) is 0 Å². The summed E-state index contributed by atoms with van der Waals surface area (Å²) in [6.45, 7) is 1.36. The maximum absolute atomic E-state index is 5.88. The van der Waals surface area contributed by atoms with Crippen molar-refractivity contribution in [1.82, 2.24) is 15.1 Å². The van der Waals surface area contributed by atoms with Gasteiger partial charge in [0.25, 0.3) is 0 Å². The van der Waals surface area contributed by atoms with E-state index in [2.05, 4.69) is 26.3 Å². The zero-order valence-electron chi connectivity index (χ0n) is 12.5. The molecule has 0 fully saturated rings. The zero-order valence-corrected chi connectivity index (χ0v) is 14.1. The average Bonchev–Trinajstić information content (AvgIpc) is 2.86. The van der Waals surface area contributed by atoms with Crippen molar-refractivity contribution in [3.05, 3.63) is 40.1 Å². The van der Waals surface area contributed by atoms with Gasteiger partial charge in [-0.1, -0.05) is 0 Å². The second-order valence-corrected chi connectivity index (χ2v) is 5.61. The number of aromatic nitrogens is 2. The Bertz CT molecular complexity index is 599. The topological polar surface area (TPSA) is 48.3 Å². The Hall–Kier alpha value is -1.53. The Kier molecular flexibility index (Phi) is 5.64. The van der Waals surface area contributed by atoms with Crippen LogP contribution < -0.4 is 14.8 Å².